The Balaban J connectivity index is 1.24. The van der Waals surface area contributed by atoms with Crippen LogP contribution in [-0.2, 0) is 6.42 Å². The minimum absolute atomic E-state index is 0.0868. The molecule has 2 aromatic carbocycles. The highest BCUT2D eigenvalue weighted by Crippen LogP contribution is 2.32. The van der Waals surface area contributed by atoms with Crippen molar-refractivity contribution in [3.05, 3.63) is 69.5 Å². The molecule has 4 rings (SSSR count). The van der Waals surface area contributed by atoms with Gasteiger partial charge in [-0.15, -0.1) is 4.91 Å². The lowest BCUT2D eigenvalue weighted by Crippen LogP contribution is -2.45. The number of aromatic amines is 1. The maximum Gasteiger partial charge on any atom is 0.412 e. The summed E-state index contributed by atoms with van der Waals surface area (Å²) in [4.78, 5) is 34.2. The van der Waals surface area contributed by atoms with Gasteiger partial charge in [-0.3, -0.25) is 4.79 Å². The summed E-state index contributed by atoms with van der Waals surface area (Å²) in [5.74, 6) is 0.854. The van der Waals surface area contributed by atoms with Crippen molar-refractivity contribution < 1.29 is 9.53 Å². The number of benzene rings is 2. The molecule has 1 aliphatic rings. The summed E-state index contributed by atoms with van der Waals surface area (Å²) < 4.78 is 5.21. The van der Waals surface area contributed by atoms with Gasteiger partial charge in [-0.2, -0.15) is 5.10 Å². The fourth-order valence-corrected chi connectivity index (χ4v) is 3.67. The number of amides is 1. The molecule has 0 atom stereocenters. The molecule has 148 valence electrons. The number of nitroso groups, excluding NO2 is 1. The van der Waals surface area contributed by atoms with Gasteiger partial charge in [0.1, 0.15) is 11.4 Å². The lowest BCUT2D eigenvalue weighted by atomic mass is 9.77. The monoisotopic (exact) mass is 392 g/mol. The van der Waals surface area contributed by atoms with E-state index in [1.54, 1.807) is 6.07 Å². The van der Waals surface area contributed by atoms with Crippen LogP contribution in [0.4, 0.5) is 10.5 Å². The Kier molecular flexibility index (Phi) is 5.33. The van der Waals surface area contributed by atoms with Gasteiger partial charge in [0.05, 0.1) is 11.1 Å². The molecule has 0 aliphatic heterocycles. The van der Waals surface area contributed by atoms with Crippen LogP contribution in [0.3, 0.4) is 0 Å². The van der Waals surface area contributed by atoms with Crippen LogP contribution >= 0.6 is 0 Å². The van der Waals surface area contributed by atoms with Crippen LogP contribution in [0.5, 0.6) is 5.75 Å². The van der Waals surface area contributed by atoms with E-state index in [9.17, 15) is 14.5 Å². The number of rotatable bonds is 6. The van der Waals surface area contributed by atoms with E-state index in [0.717, 1.165) is 36.8 Å². The summed E-state index contributed by atoms with van der Waals surface area (Å²) in [6.07, 6.45) is 2.97. The number of aromatic nitrogens is 2. The molecule has 1 heterocycles. The highest BCUT2D eigenvalue weighted by Gasteiger charge is 2.30. The van der Waals surface area contributed by atoms with Crippen LogP contribution in [0.15, 0.2) is 58.5 Å². The average Bonchev–Trinajstić information content (AvgIpc) is 2.71. The second kappa shape index (κ2) is 8.22. The van der Waals surface area contributed by atoms with E-state index in [1.807, 2.05) is 18.2 Å². The Bertz CT molecular complexity index is 1090. The third-order valence-electron chi connectivity index (χ3n) is 5.27. The van der Waals surface area contributed by atoms with E-state index in [0.29, 0.717) is 17.1 Å². The van der Waals surface area contributed by atoms with Gasteiger partial charge in [0.2, 0.25) is 0 Å². The van der Waals surface area contributed by atoms with Crippen LogP contribution in [0.1, 0.15) is 25.0 Å². The van der Waals surface area contributed by atoms with Crippen LogP contribution in [0.25, 0.3) is 10.8 Å². The zero-order valence-corrected chi connectivity index (χ0v) is 15.6. The number of carbonyl (C=O) groups is 1. The number of aryl methyl sites for hydroxylation is 1. The van der Waals surface area contributed by atoms with Crippen LogP contribution in [0.2, 0.25) is 0 Å². The SMILES string of the molecule is O=Nc1ccc(OC(=O)NC2CC(CCc3n[nH]c(=O)c4ccccc34)C2)cc1. The molecule has 0 radical (unpaired) electrons. The molecule has 0 bridgehead atoms. The van der Waals surface area contributed by atoms with E-state index in [4.69, 9.17) is 4.74 Å². The maximum atomic E-state index is 12.0. The Labute approximate surface area is 166 Å². The Hall–Kier alpha value is -3.55. The first-order valence-electron chi connectivity index (χ1n) is 9.50. The molecule has 1 saturated carbocycles. The highest BCUT2D eigenvalue weighted by atomic mass is 16.6. The second-order valence-corrected chi connectivity index (χ2v) is 7.24. The van der Waals surface area contributed by atoms with Gasteiger partial charge in [-0.25, -0.2) is 9.89 Å². The molecular weight excluding hydrogens is 372 g/mol. The number of hydrogen-bond acceptors (Lipinski definition) is 6. The topological polar surface area (TPSA) is 114 Å². The quantitative estimate of drug-likeness (QED) is 0.619. The maximum absolute atomic E-state index is 12.0. The first kappa shape index (κ1) is 18.8. The zero-order chi connectivity index (χ0) is 20.2. The van der Waals surface area contributed by atoms with Gasteiger partial charge in [0.25, 0.3) is 5.56 Å². The van der Waals surface area contributed by atoms with Crippen molar-refractivity contribution in [3.63, 3.8) is 0 Å². The van der Waals surface area contributed by atoms with Crippen molar-refractivity contribution in [2.75, 3.05) is 0 Å². The van der Waals surface area contributed by atoms with Gasteiger partial charge < -0.3 is 10.1 Å². The van der Waals surface area contributed by atoms with Crippen molar-refractivity contribution in [3.8, 4) is 5.75 Å². The zero-order valence-electron chi connectivity index (χ0n) is 15.6. The van der Waals surface area contributed by atoms with Gasteiger partial charge in [-0.1, -0.05) is 18.2 Å². The smallest absolute Gasteiger partial charge is 0.410 e. The third kappa shape index (κ3) is 4.31. The van der Waals surface area contributed by atoms with Crippen molar-refractivity contribution in [2.24, 2.45) is 11.1 Å². The standard InChI is InChI=1S/C21H20N4O4/c26-20-18-4-2-1-3-17(18)19(23-24-20)10-5-13-11-15(12-13)22-21(27)29-16-8-6-14(25-28)7-9-16/h1-4,6-9,13,15H,5,10-12H2,(H,22,27)(H,24,26). The number of ether oxygens (including phenoxy) is 1. The number of fused-ring (bicyclic) bond motifs is 1. The molecule has 2 N–H and O–H groups in total. The average molecular weight is 392 g/mol. The van der Waals surface area contributed by atoms with Crippen molar-refractivity contribution in [1.29, 1.82) is 0 Å². The van der Waals surface area contributed by atoms with E-state index in [1.165, 1.54) is 24.3 Å². The van der Waals surface area contributed by atoms with Gasteiger partial charge in [0.15, 0.2) is 0 Å². The predicted octanol–water partition coefficient (Wildman–Crippen LogP) is 3.82. The van der Waals surface area contributed by atoms with Crippen molar-refractivity contribution in [2.45, 2.75) is 31.7 Å². The molecule has 1 aliphatic carbocycles. The Morgan fingerprint density at radius 3 is 2.59 bits per heavy atom. The highest BCUT2D eigenvalue weighted by molar-refractivity contribution is 5.83. The minimum atomic E-state index is -0.506. The van der Waals surface area contributed by atoms with E-state index < -0.39 is 6.09 Å². The molecule has 1 fully saturated rings. The first-order valence-corrected chi connectivity index (χ1v) is 9.50. The fourth-order valence-electron chi connectivity index (χ4n) is 3.67. The number of carbonyl (C=O) groups excluding carboxylic acids is 1. The van der Waals surface area contributed by atoms with Crippen molar-refractivity contribution >= 4 is 22.6 Å². The molecule has 8 heteroatoms. The lowest BCUT2D eigenvalue weighted by molar-refractivity contribution is 0.167. The number of hydrogen-bond donors (Lipinski definition) is 2. The summed E-state index contributed by atoms with van der Waals surface area (Å²) in [6.45, 7) is 0. The van der Waals surface area contributed by atoms with E-state index >= 15 is 0 Å². The molecule has 3 aromatic rings. The normalized spacial score (nSPS) is 18.1. The van der Waals surface area contributed by atoms with Gasteiger partial charge in [0, 0.05) is 11.4 Å². The molecule has 0 spiro atoms. The molecule has 1 aromatic heterocycles. The van der Waals surface area contributed by atoms with Crippen LogP contribution < -0.4 is 15.6 Å². The third-order valence-corrected chi connectivity index (χ3v) is 5.27. The molecule has 29 heavy (non-hydrogen) atoms. The summed E-state index contributed by atoms with van der Waals surface area (Å²) >= 11 is 0. The lowest BCUT2D eigenvalue weighted by Gasteiger charge is -2.35. The van der Waals surface area contributed by atoms with Crippen molar-refractivity contribution in [1.82, 2.24) is 15.5 Å². The largest absolute Gasteiger partial charge is 0.412 e. The number of nitrogens with zero attached hydrogens (tertiary/aromatic N) is 2. The summed E-state index contributed by atoms with van der Waals surface area (Å²) in [5.41, 5.74) is 1.00. The first-order chi connectivity index (χ1) is 14.1. The predicted molar refractivity (Wildman–Crippen MR) is 108 cm³/mol. The van der Waals surface area contributed by atoms with Crippen LogP contribution in [0, 0.1) is 10.8 Å². The molecule has 0 unspecified atom stereocenters. The summed E-state index contributed by atoms with van der Waals surface area (Å²) in [6, 6.07) is 13.6. The summed E-state index contributed by atoms with van der Waals surface area (Å²) in [5, 5.41) is 14.0. The molecular formula is C21H20N4O4. The Morgan fingerprint density at radius 2 is 1.86 bits per heavy atom. The van der Waals surface area contributed by atoms with E-state index in [-0.39, 0.29) is 17.3 Å². The minimum Gasteiger partial charge on any atom is -0.410 e. The van der Waals surface area contributed by atoms with Gasteiger partial charge in [-0.05, 0) is 67.1 Å². The molecule has 0 saturated heterocycles. The number of nitrogens with one attached hydrogen (secondary N) is 2. The van der Waals surface area contributed by atoms with Crippen LogP contribution in [-0.4, -0.2) is 22.3 Å². The molecule has 8 nitrogen and oxygen atoms in total. The Morgan fingerprint density at radius 1 is 1.14 bits per heavy atom. The fraction of sp³-hybridized carbons (Fsp3) is 0.286. The summed E-state index contributed by atoms with van der Waals surface area (Å²) in [7, 11) is 0. The second-order valence-electron chi connectivity index (χ2n) is 7.24. The molecule has 1 amide bonds. The van der Waals surface area contributed by atoms with Gasteiger partial charge >= 0.3 is 6.09 Å². The number of H-pyrrole nitrogens is 1. The van der Waals surface area contributed by atoms with E-state index in [2.05, 4.69) is 20.7 Å².